The lowest BCUT2D eigenvalue weighted by Gasteiger charge is -2.25. The number of fused-ring (bicyclic) bond motifs is 1. The number of para-hydroxylation sites is 1. The molecule has 2 aromatic rings. The summed E-state index contributed by atoms with van der Waals surface area (Å²) in [6, 6.07) is 8.88. The molecule has 0 unspecified atom stereocenters. The van der Waals surface area contributed by atoms with Crippen molar-refractivity contribution in [1.82, 2.24) is 9.80 Å². The van der Waals surface area contributed by atoms with Gasteiger partial charge in [-0.2, -0.15) is 0 Å². The van der Waals surface area contributed by atoms with Crippen LogP contribution >= 0.6 is 0 Å². The van der Waals surface area contributed by atoms with Crippen molar-refractivity contribution in [2.45, 2.75) is 51.2 Å². The predicted molar refractivity (Wildman–Crippen MR) is 127 cm³/mol. The number of hydrogen-bond acceptors (Lipinski definition) is 4. The van der Waals surface area contributed by atoms with Crippen molar-refractivity contribution in [3.8, 4) is 0 Å². The van der Waals surface area contributed by atoms with E-state index in [2.05, 4.69) is 0 Å². The Labute approximate surface area is 203 Å². The molecule has 1 aliphatic heterocycles. The summed E-state index contributed by atoms with van der Waals surface area (Å²) < 4.78 is 28.1. The minimum atomic E-state index is -0.752. The molecule has 0 bridgehead atoms. The lowest BCUT2D eigenvalue weighted by molar-refractivity contribution is -0.136. The molecule has 1 saturated carbocycles. The highest BCUT2D eigenvalue weighted by molar-refractivity contribution is 6.02. The third kappa shape index (κ3) is 5.67. The van der Waals surface area contributed by atoms with Crippen LogP contribution in [-0.4, -0.2) is 59.7 Å². The molecule has 0 saturated heterocycles. The van der Waals surface area contributed by atoms with Crippen molar-refractivity contribution in [2.75, 3.05) is 25.0 Å². The summed E-state index contributed by atoms with van der Waals surface area (Å²) in [5, 5.41) is 0. The maximum Gasteiger partial charge on any atom is 0.247 e. The van der Waals surface area contributed by atoms with Gasteiger partial charge in [0.25, 0.3) is 0 Å². The first-order valence-electron chi connectivity index (χ1n) is 11.8. The van der Waals surface area contributed by atoms with Gasteiger partial charge in [-0.25, -0.2) is 8.78 Å². The molecule has 2 N–H and O–H groups in total. The predicted octanol–water partition coefficient (Wildman–Crippen LogP) is 2.53. The molecule has 1 fully saturated rings. The molecule has 1 aliphatic carbocycles. The van der Waals surface area contributed by atoms with E-state index >= 15 is 0 Å². The number of carbonyl (C=O) groups is 3. The van der Waals surface area contributed by atoms with E-state index in [0.29, 0.717) is 5.69 Å². The topological polar surface area (TPSA) is 87.0 Å². The van der Waals surface area contributed by atoms with E-state index in [1.54, 1.807) is 24.1 Å². The largest absolute Gasteiger partial charge is 0.341 e. The number of nitrogens with two attached hydrogens (primary N) is 1. The Balaban J connectivity index is 1.46. The van der Waals surface area contributed by atoms with Crippen molar-refractivity contribution in [3.05, 3.63) is 64.7 Å². The highest BCUT2D eigenvalue weighted by atomic mass is 19.1. The number of anilines is 1. The number of hydrogen-bond donors (Lipinski definition) is 1. The van der Waals surface area contributed by atoms with Crippen LogP contribution in [-0.2, 0) is 27.3 Å². The Bertz CT molecular complexity index is 1150. The number of likely N-dealkylation sites (N-methyl/N-ethyl adjacent to an activating group) is 1. The number of halogens is 2. The fraction of sp³-hybridized carbons (Fsp3) is 0.423. The molecule has 2 aromatic carbocycles. The van der Waals surface area contributed by atoms with Crippen molar-refractivity contribution < 1.29 is 23.2 Å². The molecular formula is C26H30F2N4O3. The van der Waals surface area contributed by atoms with Crippen LogP contribution in [0.25, 0.3) is 0 Å². The lowest BCUT2D eigenvalue weighted by Crippen LogP contribution is -2.46. The van der Waals surface area contributed by atoms with E-state index in [4.69, 9.17) is 5.73 Å². The van der Waals surface area contributed by atoms with E-state index < -0.39 is 17.7 Å². The van der Waals surface area contributed by atoms with Crippen LogP contribution < -0.4 is 10.6 Å². The highest BCUT2D eigenvalue weighted by Crippen LogP contribution is 2.28. The summed E-state index contributed by atoms with van der Waals surface area (Å²) >= 11 is 0. The summed E-state index contributed by atoms with van der Waals surface area (Å²) in [5.41, 5.74) is 7.77. The summed E-state index contributed by atoms with van der Waals surface area (Å²) in [6.07, 6.45) is 1.79. The molecule has 0 aromatic heterocycles. The number of amides is 3. The highest BCUT2D eigenvalue weighted by Gasteiger charge is 2.34. The van der Waals surface area contributed by atoms with Gasteiger partial charge in [0.1, 0.15) is 24.7 Å². The number of carbonyl (C=O) groups excluding carboxylic acids is 3. The van der Waals surface area contributed by atoms with Gasteiger partial charge in [-0.3, -0.25) is 14.4 Å². The molecule has 3 amide bonds. The summed E-state index contributed by atoms with van der Waals surface area (Å²) in [6.45, 7) is 1.36. The number of aryl methyl sites for hydroxylation is 1. The maximum absolute atomic E-state index is 14.2. The second-order valence-corrected chi connectivity index (χ2v) is 9.46. The Morgan fingerprint density at radius 1 is 1.14 bits per heavy atom. The maximum atomic E-state index is 14.2. The quantitative estimate of drug-likeness (QED) is 0.655. The van der Waals surface area contributed by atoms with Gasteiger partial charge >= 0.3 is 0 Å². The standard InChI is InChI=1S/C26H30F2N4O3/c1-16-9-22(28)18(11-21(16)27)10-19(29)12-24(33)31-13-17-5-3-4-6-23(17)32(26(35)14-31)15-25(34)30(2)20-7-8-20/h3-6,9,11,19-20H,7-8,10,12-15,29H2,1-2H3/t19-/m1/s1. The minimum Gasteiger partial charge on any atom is -0.341 e. The molecule has 0 spiro atoms. The monoisotopic (exact) mass is 484 g/mol. The van der Waals surface area contributed by atoms with Crippen LogP contribution in [0.2, 0.25) is 0 Å². The second kappa shape index (κ2) is 10.1. The Kier molecular flexibility index (Phi) is 7.16. The van der Waals surface area contributed by atoms with E-state index in [-0.39, 0.29) is 67.4 Å². The summed E-state index contributed by atoms with van der Waals surface area (Å²) in [4.78, 5) is 43.5. The molecule has 1 atom stereocenters. The van der Waals surface area contributed by atoms with Crippen molar-refractivity contribution >= 4 is 23.4 Å². The average Bonchev–Trinajstić information content (AvgIpc) is 3.66. The molecule has 186 valence electrons. The third-order valence-corrected chi connectivity index (χ3v) is 6.65. The number of rotatable bonds is 7. The van der Waals surface area contributed by atoms with Crippen LogP contribution in [0.5, 0.6) is 0 Å². The van der Waals surface area contributed by atoms with Crippen LogP contribution in [0.4, 0.5) is 14.5 Å². The normalized spacial score (nSPS) is 16.5. The van der Waals surface area contributed by atoms with Crippen molar-refractivity contribution in [2.24, 2.45) is 5.73 Å². The zero-order chi connectivity index (χ0) is 25.3. The van der Waals surface area contributed by atoms with Gasteiger partial charge in [0.15, 0.2) is 0 Å². The number of nitrogens with zero attached hydrogens (tertiary/aromatic N) is 3. The fourth-order valence-electron chi connectivity index (χ4n) is 4.37. The van der Waals surface area contributed by atoms with Crippen LogP contribution in [0.3, 0.4) is 0 Å². The summed E-state index contributed by atoms with van der Waals surface area (Å²) in [7, 11) is 1.74. The SMILES string of the molecule is Cc1cc(F)c(C[C@@H](N)CC(=O)N2CC(=O)N(CC(=O)N(C)C3CC3)c3ccccc3C2)cc1F. The van der Waals surface area contributed by atoms with Crippen LogP contribution in [0, 0.1) is 18.6 Å². The Morgan fingerprint density at radius 3 is 2.57 bits per heavy atom. The van der Waals surface area contributed by atoms with E-state index in [1.165, 1.54) is 16.7 Å². The first-order valence-corrected chi connectivity index (χ1v) is 11.8. The van der Waals surface area contributed by atoms with Gasteiger partial charge < -0.3 is 20.4 Å². The first kappa shape index (κ1) is 24.8. The molecule has 1 heterocycles. The molecule has 0 radical (unpaired) electrons. The van der Waals surface area contributed by atoms with Gasteiger partial charge in [0.2, 0.25) is 17.7 Å². The van der Waals surface area contributed by atoms with Gasteiger partial charge in [0, 0.05) is 37.8 Å². The lowest BCUT2D eigenvalue weighted by atomic mass is 10.0. The van der Waals surface area contributed by atoms with Gasteiger partial charge in [-0.1, -0.05) is 18.2 Å². The molecular weight excluding hydrogens is 454 g/mol. The smallest absolute Gasteiger partial charge is 0.247 e. The Morgan fingerprint density at radius 2 is 1.86 bits per heavy atom. The van der Waals surface area contributed by atoms with Gasteiger partial charge in [-0.15, -0.1) is 0 Å². The van der Waals surface area contributed by atoms with E-state index in [9.17, 15) is 23.2 Å². The van der Waals surface area contributed by atoms with Crippen molar-refractivity contribution in [3.63, 3.8) is 0 Å². The van der Waals surface area contributed by atoms with E-state index in [0.717, 1.165) is 30.5 Å². The van der Waals surface area contributed by atoms with Crippen molar-refractivity contribution in [1.29, 1.82) is 0 Å². The Hall–Kier alpha value is -3.33. The minimum absolute atomic E-state index is 0.0126. The van der Waals surface area contributed by atoms with Crippen LogP contribution in [0.1, 0.15) is 36.0 Å². The molecule has 4 rings (SSSR count). The number of benzene rings is 2. The molecule has 35 heavy (non-hydrogen) atoms. The molecule has 7 nitrogen and oxygen atoms in total. The summed E-state index contributed by atoms with van der Waals surface area (Å²) in [5.74, 6) is -1.97. The molecule has 9 heteroatoms. The average molecular weight is 485 g/mol. The van der Waals surface area contributed by atoms with Gasteiger partial charge in [-0.05, 0) is 61.1 Å². The van der Waals surface area contributed by atoms with E-state index in [1.807, 2.05) is 12.1 Å². The third-order valence-electron chi connectivity index (χ3n) is 6.65. The molecule has 2 aliphatic rings. The zero-order valence-electron chi connectivity index (χ0n) is 20.0. The zero-order valence-corrected chi connectivity index (χ0v) is 20.0. The van der Waals surface area contributed by atoms with Crippen LogP contribution in [0.15, 0.2) is 36.4 Å². The fourth-order valence-corrected chi connectivity index (χ4v) is 4.37. The second-order valence-electron chi connectivity index (χ2n) is 9.46. The first-order chi connectivity index (χ1) is 16.6. The van der Waals surface area contributed by atoms with Gasteiger partial charge in [0.05, 0.1) is 0 Å².